The van der Waals surface area contributed by atoms with E-state index in [2.05, 4.69) is 10.5 Å². The first-order chi connectivity index (χ1) is 10.2. The number of nitrogens with one attached hydrogen (secondary N) is 1. The third-order valence-electron chi connectivity index (χ3n) is 3.37. The maximum absolute atomic E-state index is 12.2. The quantitative estimate of drug-likeness (QED) is 0.898. The van der Waals surface area contributed by atoms with Crippen molar-refractivity contribution in [2.75, 3.05) is 6.54 Å². The van der Waals surface area contributed by atoms with Gasteiger partial charge in [-0.05, 0) is 23.4 Å². The molecule has 3 heterocycles. The second-order valence-electron chi connectivity index (χ2n) is 4.62. The van der Waals surface area contributed by atoms with Gasteiger partial charge in [-0.2, -0.15) is 0 Å². The summed E-state index contributed by atoms with van der Waals surface area (Å²) in [5.41, 5.74) is 0.702. The molecular formula is C13H13N3O4S. The highest BCUT2D eigenvalue weighted by Gasteiger charge is 2.36. The van der Waals surface area contributed by atoms with Crippen LogP contribution >= 0.6 is 11.3 Å². The van der Waals surface area contributed by atoms with Gasteiger partial charge in [0.1, 0.15) is 0 Å². The number of carboxylic acid groups (broad SMARTS) is 1. The summed E-state index contributed by atoms with van der Waals surface area (Å²) in [4.78, 5) is 26.1. The molecule has 2 aromatic rings. The molecule has 0 bridgehead atoms. The van der Waals surface area contributed by atoms with Gasteiger partial charge in [0.25, 0.3) is 0 Å². The molecule has 2 N–H and O–H groups in total. The Balaban J connectivity index is 1.74. The van der Waals surface area contributed by atoms with Gasteiger partial charge in [0.05, 0.1) is 12.7 Å². The topological polar surface area (TPSA) is 95.7 Å². The van der Waals surface area contributed by atoms with Crippen molar-refractivity contribution >= 4 is 23.3 Å². The standard InChI is InChI=1S/C13H13N3O4S/c17-12(18)11-9-3-6-21-10(9)2-5-16(11)13(19)14-7-8-1-4-15-20-8/h1,3-4,6,11H,2,5,7H2,(H,14,19)(H,17,18). The molecule has 1 aliphatic heterocycles. The van der Waals surface area contributed by atoms with Crippen LogP contribution in [0.15, 0.2) is 28.2 Å². The molecule has 0 aliphatic carbocycles. The van der Waals surface area contributed by atoms with Gasteiger partial charge in [-0.1, -0.05) is 5.16 Å². The van der Waals surface area contributed by atoms with E-state index >= 15 is 0 Å². The van der Waals surface area contributed by atoms with Crippen LogP contribution in [0.4, 0.5) is 4.79 Å². The van der Waals surface area contributed by atoms with E-state index in [-0.39, 0.29) is 6.54 Å². The molecular weight excluding hydrogens is 294 g/mol. The summed E-state index contributed by atoms with van der Waals surface area (Å²) in [7, 11) is 0. The summed E-state index contributed by atoms with van der Waals surface area (Å²) >= 11 is 1.53. The summed E-state index contributed by atoms with van der Waals surface area (Å²) in [5.74, 6) is -0.507. The van der Waals surface area contributed by atoms with Crippen molar-refractivity contribution in [3.05, 3.63) is 39.9 Å². The molecule has 3 rings (SSSR count). The smallest absolute Gasteiger partial charge is 0.331 e. The number of hydrogen-bond donors (Lipinski definition) is 2. The van der Waals surface area contributed by atoms with Crippen LogP contribution in [0.3, 0.4) is 0 Å². The molecule has 110 valence electrons. The minimum absolute atomic E-state index is 0.179. The molecule has 7 nitrogen and oxygen atoms in total. The van der Waals surface area contributed by atoms with Crippen molar-refractivity contribution in [1.82, 2.24) is 15.4 Å². The molecule has 0 aromatic carbocycles. The first-order valence-corrected chi connectivity index (χ1v) is 7.28. The lowest BCUT2D eigenvalue weighted by molar-refractivity contribution is -0.142. The second kappa shape index (κ2) is 5.57. The van der Waals surface area contributed by atoms with E-state index in [1.807, 2.05) is 5.38 Å². The van der Waals surface area contributed by atoms with Crippen LogP contribution in [-0.4, -0.2) is 33.7 Å². The molecule has 0 fully saturated rings. The van der Waals surface area contributed by atoms with Crippen molar-refractivity contribution in [3.63, 3.8) is 0 Å². The Hall–Kier alpha value is -2.35. The van der Waals surface area contributed by atoms with E-state index in [9.17, 15) is 14.7 Å². The molecule has 2 aromatic heterocycles. The van der Waals surface area contributed by atoms with Crippen LogP contribution in [0.25, 0.3) is 0 Å². The number of aromatic nitrogens is 1. The number of rotatable bonds is 3. The molecule has 0 spiro atoms. The Bertz CT molecular complexity index is 652. The Morgan fingerprint density at radius 2 is 2.38 bits per heavy atom. The largest absolute Gasteiger partial charge is 0.479 e. The summed E-state index contributed by atoms with van der Waals surface area (Å²) in [6.45, 7) is 0.560. The van der Waals surface area contributed by atoms with Gasteiger partial charge in [-0.25, -0.2) is 9.59 Å². The number of urea groups is 1. The lowest BCUT2D eigenvalue weighted by Gasteiger charge is -2.33. The highest BCUT2D eigenvalue weighted by Crippen LogP contribution is 2.33. The molecule has 21 heavy (non-hydrogen) atoms. The fourth-order valence-corrected chi connectivity index (χ4v) is 3.30. The number of nitrogens with zero attached hydrogens (tertiary/aromatic N) is 2. The third-order valence-corrected chi connectivity index (χ3v) is 4.36. The zero-order valence-corrected chi connectivity index (χ0v) is 11.8. The van der Waals surface area contributed by atoms with Gasteiger partial charge < -0.3 is 19.8 Å². The van der Waals surface area contributed by atoms with E-state index in [4.69, 9.17) is 4.52 Å². The van der Waals surface area contributed by atoms with Crippen molar-refractivity contribution < 1.29 is 19.2 Å². The Kier molecular flexibility index (Phi) is 3.61. The van der Waals surface area contributed by atoms with E-state index in [1.54, 1.807) is 12.1 Å². The lowest BCUT2D eigenvalue weighted by atomic mass is 10.0. The Morgan fingerprint density at radius 3 is 3.10 bits per heavy atom. The van der Waals surface area contributed by atoms with Crippen molar-refractivity contribution in [2.24, 2.45) is 0 Å². The normalized spacial score (nSPS) is 17.3. The zero-order chi connectivity index (χ0) is 14.8. The van der Waals surface area contributed by atoms with Gasteiger partial charge in [0.15, 0.2) is 11.8 Å². The van der Waals surface area contributed by atoms with Crippen LogP contribution in [0.5, 0.6) is 0 Å². The average molecular weight is 307 g/mol. The van der Waals surface area contributed by atoms with Crippen molar-refractivity contribution in [3.8, 4) is 0 Å². The van der Waals surface area contributed by atoms with Gasteiger partial charge in [-0.3, -0.25) is 0 Å². The molecule has 1 unspecified atom stereocenters. The first-order valence-electron chi connectivity index (χ1n) is 6.40. The number of carbonyl (C=O) groups is 2. The van der Waals surface area contributed by atoms with Crippen LogP contribution in [-0.2, 0) is 17.8 Å². The molecule has 0 saturated carbocycles. The number of hydrogen-bond acceptors (Lipinski definition) is 5. The van der Waals surface area contributed by atoms with E-state index in [0.29, 0.717) is 24.3 Å². The van der Waals surface area contributed by atoms with E-state index in [0.717, 1.165) is 4.88 Å². The molecule has 1 aliphatic rings. The van der Waals surface area contributed by atoms with E-state index < -0.39 is 18.0 Å². The predicted octanol–water partition coefficient (Wildman–Crippen LogP) is 1.63. The molecule has 0 radical (unpaired) electrons. The number of amides is 2. The fourth-order valence-electron chi connectivity index (χ4n) is 2.40. The number of aliphatic carboxylic acids is 1. The van der Waals surface area contributed by atoms with Crippen LogP contribution in [0, 0.1) is 0 Å². The van der Waals surface area contributed by atoms with E-state index in [1.165, 1.54) is 22.4 Å². The van der Waals surface area contributed by atoms with Crippen molar-refractivity contribution in [1.29, 1.82) is 0 Å². The van der Waals surface area contributed by atoms with Gasteiger partial charge in [0.2, 0.25) is 0 Å². The minimum Gasteiger partial charge on any atom is -0.479 e. The maximum atomic E-state index is 12.2. The minimum atomic E-state index is -1.02. The van der Waals surface area contributed by atoms with Gasteiger partial charge in [0, 0.05) is 17.5 Å². The van der Waals surface area contributed by atoms with Crippen molar-refractivity contribution in [2.45, 2.75) is 19.0 Å². The zero-order valence-electron chi connectivity index (χ0n) is 11.0. The second-order valence-corrected chi connectivity index (χ2v) is 5.62. The van der Waals surface area contributed by atoms with Crippen LogP contribution < -0.4 is 5.32 Å². The monoisotopic (exact) mass is 307 g/mol. The number of carboxylic acids is 1. The van der Waals surface area contributed by atoms with Gasteiger partial charge >= 0.3 is 12.0 Å². The highest BCUT2D eigenvalue weighted by atomic mass is 32.1. The number of thiophene rings is 1. The van der Waals surface area contributed by atoms with Crippen LogP contribution in [0.2, 0.25) is 0 Å². The molecule has 8 heteroatoms. The predicted molar refractivity (Wildman–Crippen MR) is 73.8 cm³/mol. The third kappa shape index (κ3) is 2.62. The Labute approximate surface area is 124 Å². The average Bonchev–Trinajstić information content (AvgIpc) is 3.14. The molecule has 2 amide bonds. The van der Waals surface area contributed by atoms with Crippen LogP contribution in [0.1, 0.15) is 22.2 Å². The molecule has 1 atom stereocenters. The molecule has 0 saturated heterocycles. The first kappa shape index (κ1) is 13.6. The fraction of sp³-hybridized carbons (Fsp3) is 0.308. The SMILES string of the molecule is O=C(O)C1c2ccsc2CCN1C(=O)NCc1ccno1. The lowest BCUT2D eigenvalue weighted by Crippen LogP contribution is -2.47. The Morgan fingerprint density at radius 1 is 1.52 bits per heavy atom. The van der Waals surface area contributed by atoms with Gasteiger partial charge in [-0.15, -0.1) is 11.3 Å². The number of carbonyl (C=O) groups excluding carboxylic acids is 1. The summed E-state index contributed by atoms with van der Waals surface area (Å²) in [5, 5.41) is 17.5. The summed E-state index contributed by atoms with van der Waals surface area (Å²) in [6, 6.07) is 2.06. The highest BCUT2D eigenvalue weighted by molar-refractivity contribution is 7.10. The number of fused-ring (bicyclic) bond motifs is 1. The maximum Gasteiger partial charge on any atom is 0.331 e. The summed E-state index contributed by atoms with van der Waals surface area (Å²) < 4.78 is 4.89. The summed E-state index contributed by atoms with van der Waals surface area (Å²) in [6.07, 6.45) is 2.16.